The number of carbonyl (C=O) groups excluding carboxylic acids is 2. The number of hydrogen-bond acceptors (Lipinski definition) is 4. The molecule has 7 heteroatoms. The number of fused-ring (bicyclic) bond motifs is 3. The largest absolute Gasteiger partial charge is 1.00 e. The van der Waals surface area contributed by atoms with Crippen LogP contribution >= 0.6 is 0 Å². The summed E-state index contributed by atoms with van der Waals surface area (Å²) in [5.41, 5.74) is 1.81. The number of nitrogens with one attached hydrogen (secondary N) is 1. The number of anilines is 1. The first-order valence-corrected chi connectivity index (χ1v) is 12.2. The first-order valence-electron chi connectivity index (χ1n) is 12.2. The quantitative estimate of drug-likeness (QED) is 0.264. The zero-order valence-electron chi connectivity index (χ0n) is 20.0. The lowest BCUT2D eigenvalue weighted by molar-refractivity contribution is -0.938. The maximum atomic E-state index is 14.2. The SMILES string of the molecule is O=C(C[N+]12CCC(CC1)[C@@H](OC(=O)C(Nc1ccccc1)c1ccccc1)C2)c1ccccc1F.[Br-]. The minimum absolute atomic E-state index is 0. The van der Waals surface area contributed by atoms with Crippen molar-refractivity contribution in [2.75, 3.05) is 31.5 Å². The van der Waals surface area contributed by atoms with E-state index in [1.807, 2.05) is 60.7 Å². The lowest BCUT2D eigenvalue weighted by atomic mass is 9.82. The van der Waals surface area contributed by atoms with Gasteiger partial charge in [0.1, 0.15) is 18.9 Å². The maximum absolute atomic E-state index is 14.2. The second-order valence-corrected chi connectivity index (χ2v) is 9.70. The number of halogens is 2. The molecule has 6 rings (SSSR count). The van der Waals surface area contributed by atoms with Crippen LogP contribution in [-0.2, 0) is 9.53 Å². The van der Waals surface area contributed by atoms with E-state index < -0.39 is 11.9 Å². The number of esters is 1. The third-order valence-corrected chi connectivity index (χ3v) is 7.42. The van der Waals surface area contributed by atoms with Crippen molar-refractivity contribution in [1.82, 2.24) is 0 Å². The van der Waals surface area contributed by atoms with Crippen molar-refractivity contribution < 1.29 is 40.2 Å². The minimum Gasteiger partial charge on any atom is -1.00 e. The Morgan fingerprint density at radius 2 is 1.53 bits per heavy atom. The first kappa shape index (κ1) is 26.0. The summed E-state index contributed by atoms with van der Waals surface area (Å²) in [4.78, 5) is 26.4. The highest BCUT2D eigenvalue weighted by atomic mass is 79.9. The zero-order valence-corrected chi connectivity index (χ0v) is 21.6. The Kier molecular flexibility index (Phi) is 8.21. The van der Waals surface area contributed by atoms with E-state index in [1.165, 1.54) is 6.07 Å². The van der Waals surface area contributed by atoms with E-state index >= 15 is 0 Å². The predicted octanol–water partition coefficient (Wildman–Crippen LogP) is 2.02. The van der Waals surface area contributed by atoms with Crippen molar-refractivity contribution in [3.63, 3.8) is 0 Å². The molecule has 1 unspecified atom stereocenters. The number of Topliss-reactive ketones (excluding diaryl/α,β-unsaturated/α-hetero) is 1. The van der Waals surface area contributed by atoms with Gasteiger partial charge in [-0.15, -0.1) is 0 Å². The molecular weight excluding hydrogens is 523 g/mol. The predicted molar refractivity (Wildman–Crippen MR) is 132 cm³/mol. The smallest absolute Gasteiger partial charge is 0.333 e. The summed E-state index contributed by atoms with van der Waals surface area (Å²) in [7, 11) is 0. The van der Waals surface area contributed by atoms with Gasteiger partial charge in [-0.2, -0.15) is 0 Å². The van der Waals surface area contributed by atoms with Crippen LogP contribution in [0.1, 0.15) is 34.8 Å². The highest BCUT2D eigenvalue weighted by Gasteiger charge is 2.49. The van der Waals surface area contributed by atoms with Crippen LogP contribution in [0.5, 0.6) is 0 Å². The van der Waals surface area contributed by atoms with Gasteiger partial charge in [0.15, 0.2) is 12.1 Å². The molecule has 3 aromatic carbocycles. The summed E-state index contributed by atoms with van der Waals surface area (Å²) in [5.74, 6) is -0.710. The Balaban J connectivity index is 0.00000304. The molecule has 36 heavy (non-hydrogen) atoms. The fourth-order valence-electron chi connectivity index (χ4n) is 5.50. The van der Waals surface area contributed by atoms with Gasteiger partial charge >= 0.3 is 5.97 Å². The van der Waals surface area contributed by atoms with E-state index in [0.717, 1.165) is 37.2 Å². The van der Waals surface area contributed by atoms with Crippen molar-refractivity contribution >= 4 is 17.4 Å². The van der Waals surface area contributed by atoms with Crippen molar-refractivity contribution in [3.05, 3.63) is 102 Å². The molecular formula is C29H30BrFN2O3. The molecule has 2 atom stereocenters. The molecule has 0 aromatic heterocycles. The number of rotatable bonds is 8. The Hall–Kier alpha value is -3.03. The monoisotopic (exact) mass is 552 g/mol. The van der Waals surface area contributed by atoms with Crippen LogP contribution in [0.4, 0.5) is 10.1 Å². The molecule has 1 N–H and O–H groups in total. The molecule has 3 heterocycles. The van der Waals surface area contributed by atoms with Crippen molar-refractivity contribution in [1.29, 1.82) is 0 Å². The number of ketones is 1. The van der Waals surface area contributed by atoms with Gasteiger partial charge in [0.2, 0.25) is 5.78 Å². The average Bonchev–Trinajstić information content (AvgIpc) is 2.89. The van der Waals surface area contributed by atoms with E-state index in [9.17, 15) is 14.0 Å². The fraction of sp³-hybridized carbons (Fsp3) is 0.310. The van der Waals surface area contributed by atoms with Crippen molar-refractivity contribution in [2.24, 2.45) is 5.92 Å². The molecule has 3 fully saturated rings. The second kappa shape index (κ2) is 11.4. The number of ether oxygens (including phenoxy) is 1. The van der Waals surface area contributed by atoms with Gasteiger partial charge < -0.3 is 31.5 Å². The van der Waals surface area contributed by atoms with Gasteiger partial charge in [0, 0.05) is 24.4 Å². The molecule has 2 bridgehead atoms. The summed E-state index contributed by atoms with van der Waals surface area (Å²) < 4.78 is 20.9. The lowest BCUT2D eigenvalue weighted by Crippen LogP contribution is -3.00. The van der Waals surface area contributed by atoms with Crippen molar-refractivity contribution in [2.45, 2.75) is 25.0 Å². The number of benzene rings is 3. The summed E-state index contributed by atoms with van der Waals surface area (Å²) in [6.07, 6.45) is 1.53. The highest BCUT2D eigenvalue weighted by Crippen LogP contribution is 2.37. The van der Waals surface area contributed by atoms with Crippen LogP contribution in [0.3, 0.4) is 0 Å². The number of carbonyl (C=O) groups is 2. The zero-order chi connectivity index (χ0) is 24.3. The summed E-state index contributed by atoms with van der Waals surface area (Å²) in [5, 5.41) is 3.32. The van der Waals surface area contributed by atoms with Gasteiger partial charge in [0.25, 0.3) is 0 Å². The summed E-state index contributed by atoms with van der Waals surface area (Å²) in [6, 6.07) is 24.7. The first-order chi connectivity index (χ1) is 17.0. The topological polar surface area (TPSA) is 55.4 Å². The van der Waals surface area contributed by atoms with Crippen LogP contribution in [0.15, 0.2) is 84.9 Å². The molecule has 0 spiro atoms. The van der Waals surface area contributed by atoms with Gasteiger partial charge in [-0.25, -0.2) is 9.18 Å². The maximum Gasteiger partial charge on any atom is 0.333 e. The van der Waals surface area contributed by atoms with E-state index in [2.05, 4.69) is 5.32 Å². The molecule has 0 amide bonds. The van der Waals surface area contributed by atoms with Crippen LogP contribution < -0.4 is 22.3 Å². The molecule has 3 saturated heterocycles. The van der Waals surface area contributed by atoms with E-state index in [4.69, 9.17) is 4.74 Å². The van der Waals surface area contributed by atoms with Crippen LogP contribution in [-0.4, -0.2) is 48.5 Å². The lowest BCUT2D eigenvalue weighted by Gasteiger charge is -2.51. The molecule has 188 valence electrons. The van der Waals surface area contributed by atoms with Gasteiger partial charge in [-0.05, 0) is 29.8 Å². The minimum atomic E-state index is -0.637. The Morgan fingerprint density at radius 3 is 2.19 bits per heavy atom. The van der Waals surface area contributed by atoms with E-state index in [0.29, 0.717) is 11.0 Å². The number of hydrogen-bond donors (Lipinski definition) is 1. The van der Waals surface area contributed by atoms with E-state index in [1.54, 1.807) is 18.2 Å². The third-order valence-electron chi connectivity index (χ3n) is 7.42. The molecule has 3 aromatic rings. The highest BCUT2D eigenvalue weighted by molar-refractivity contribution is 5.97. The van der Waals surface area contributed by atoms with Crippen molar-refractivity contribution in [3.8, 4) is 0 Å². The molecule has 3 aliphatic rings. The molecule has 5 nitrogen and oxygen atoms in total. The third kappa shape index (κ3) is 5.68. The fourth-order valence-corrected chi connectivity index (χ4v) is 5.50. The Morgan fingerprint density at radius 1 is 0.917 bits per heavy atom. The van der Waals surface area contributed by atoms with Crippen LogP contribution in [0.2, 0.25) is 0 Å². The summed E-state index contributed by atoms with van der Waals surface area (Å²) in [6.45, 7) is 2.52. The van der Waals surface area contributed by atoms with Crippen LogP contribution in [0, 0.1) is 11.7 Å². The van der Waals surface area contributed by atoms with Gasteiger partial charge in [-0.1, -0.05) is 60.7 Å². The number of nitrogens with zero attached hydrogens (tertiary/aromatic N) is 1. The average molecular weight is 553 g/mol. The van der Waals surface area contributed by atoms with Gasteiger partial charge in [-0.3, -0.25) is 4.79 Å². The number of quaternary nitrogens is 1. The number of para-hydroxylation sites is 1. The Bertz CT molecular complexity index is 1180. The van der Waals surface area contributed by atoms with E-state index in [-0.39, 0.29) is 52.9 Å². The Labute approximate surface area is 221 Å². The van der Waals surface area contributed by atoms with Crippen LogP contribution in [0.25, 0.3) is 0 Å². The number of piperidine rings is 3. The molecule has 0 radical (unpaired) electrons. The molecule has 0 aliphatic carbocycles. The van der Waals surface area contributed by atoms with Gasteiger partial charge in [0.05, 0.1) is 18.7 Å². The molecule has 0 saturated carbocycles. The second-order valence-electron chi connectivity index (χ2n) is 9.70. The normalized spacial score (nSPS) is 23.2. The summed E-state index contributed by atoms with van der Waals surface area (Å²) >= 11 is 0. The molecule has 3 aliphatic heterocycles. The standard InChI is InChI=1S/C29H30FN2O3.BrH/c30-25-14-8-7-13-24(25)26(33)19-32-17-15-21(16-18-32)27(20-32)35-29(34)28(22-9-3-1-4-10-22)31-23-11-5-2-6-12-23;/h1-14,21,27-28,31H,15-20H2;1H/q+1;/p-1/t21?,27-,28?,32?;/m0./s1.